The molecule has 0 aromatic rings. The van der Waals surface area contributed by atoms with Crippen molar-refractivity contribution in [3.05, 3.63) is 0 Å². The summed E-state index contributed by atoms with van der Waals surface area (Å²) >= 11 is 0. The molecule has 0 radical (unpaired) electrons. The van der Waals surface area contributed by atoms with Crippen LogP contribution in [0.25, 0.3) is 0 Å². The molecule has 0 bridgehead atoms. The minimum atomic E-state index is -0.139. The first-order valence-corrected chi connectivity index (χ1v) is 7.74. The number of aliphatic hydroxyl groups is 1. The largest absolute Gasteiger partial charge is 0.392 e. The van der Waals surface area contributed by atoms with Crippen molar-refractivity contribution in [3.8, 4) is 0 Å². The van der Waals surface area contributed by atoms with Crippen LogP contribution in [0.15, 0.2) is 0 Å². The highest BCUT2D eigenvalue weighted by atomic mass is 16.5. The summed E-state index contributed by atoms with van der Waals surface area (Å²) < 4.78 is 10.9. The van der Waals surface area contributed by atoms with E-state index in [4.69, 9.17) is 9.47 Å². The van der Waals surface area contributed by atoms with Gasteiger partial charge in [-0.3, -0.25) is 0 Å². The van der Waals surface area contributed by atoms with Crippen molar-refractivity contribution in [2.24, 2.45) is 5.41 Å². The summed E-state index contributed by atoms with van der Waals surface area (Å²) in [5, 5.41) is 10.1. The number of methoxy groups -OCH3 is 1. The lowest BCUT2D eigenvalue weighted by Crippen LogP contribution is -2.62. The molecule has 19 heavy (non-hydrogen) atoms. The molecule has 1 aliphatic heterocycles. The van der Waals surface area contributed by atoms with Crippen molar-refractivity contribution in [1.82, 2.24) is 4.90 Å². The number of hydrogen-bond acceptors (Lipinski definition) is 4. The quantitative estimate of drug-likeness (QED) is 0.715. The number of rotatable bonds is 7. The highest BCUT2D eigenvalue weighted by Crippen LogP contribution is 2.50. The van der Waals surface area contributed by atoms with Crippen LogP contribution in [0.1, 0.15) is 39.0 Å². The molecule has 2 atom stereocenters. The standard InChI is InChI=1S/C15H29NO3/c1-3-19-14-12-13(17)15(14)6-9-16(10-7-15)8-4-5-11-18-2/h13-14,17H,3-12H2,1-2H3. The summed E-state index contributed by atoms with van der Waals surface area (Å²) in [4.78, 5) is 2.52. The fourth-order valence-electron chi connectivity index (χ4n) is 3.59. The zero-order valence-electron chi connectivity index (χ0n) is 12.4. The normalized spacial score (nSPS) is 30.5. The van der Waals surface area contributed by atoms with E-state index in [9.17, 15) is 5.11 Å². The summed E-state index contributed by atoms with van der Waals surface area (Å²) in [6.45, 7) is 7.04. The van der Waals surface area contributed by atoms with Crippen molar-refractivity contribution < 1.29 is 14.6 Å². The molecule has 0 aromatic heterocycles. The number of aliphatic hydroxyl groups excluding tert-OH is 1. The average Bonchev–Trinajstić information content (AvgIpc) is 2.44. The number of nitrogens with zero attached hydrogens (tertiary/aromatic N) is 1. The van der Waals surface area contributed by atoms with Crippen LogP contribution in [-0.4, -0.2) is 62.2 Å². The summed E-state index contributed by atoms with van der Waals surface area (Å²) in [5.41, 5.74) is 0.0685. The third-order valence-corrected chi connectivity index (χ3v) is 4.97. The fourth-order valence-corrected chi connectivity index (χ4v) is 3.59. The zero-order chi connectivity index (χ0) is 13.7. The molecule has 1 heterocycles. The van der Waals surface area contributed by atoms with Gasteiger partial charge in [-0.05, 0) is 52.2 Å². The molecule has 1 saturated heterocycles. The molecule has 0 amide bonds. The van der Waals surface area contributed by atoms with Gasteiger partial charge in [-0.15, -0.1) is 0 Å². The minimum Gasteiger partial charge on any atom is -0.392 e. The summed E-state index contributed by atoms with van der Waals surface area (Å²) in [6.07, 6.45) is 5.51. The molecule has 1 aliphatic carbocycles. The number of unbranched alkanes of at least 4 members (excludes halogenated alkanes) is 1. The second-order valence-electron chi connectivity index (χ2n) is 5.97. The third-order valence-electron chi connectivity index (χ3n) is 4.97. The van der Waals surface area contributed by atoms with Crippen LogP contribution in [0.3, 0.4) is 0 Å². The van der Waals surface area contributed by atoms with Gasteiger partial charge in [0.1, 0.15) is 0 Å². The first kappa shape index (κ1) is 15.2. The van der Waals surface area contributed by atoms with E-state index >= 15 is 0 Å². The Morgan fingerprint density at radius 3 is 2.58 bits per heavy atom. The monoisotopic (exact) mass is 271 g/mol. The lowest BCUT2D eigenvalue weighted by Gasteiger charge is -2.56. The van der Waals surface area contributed by atoms with E-state index in [1.807, 2.05) is 6.92 Å². The van der Waals surface area contributed by atoms with Crippen LogP contribution < -0.4 is 0 Å². The Morgan fingerprint density at radius 2 is 2.00 bits per heavy atom. The molecule has 1 saturated carbocycles. The fraction of sp³-hybridized carbons (Fsp3) is 1.00. The van der Waals surface area contributed by atoms with Crippen LogP contribution in [0, 0.1) is 5.41 Å². The van der Waals surface area contributed by atoms with Gasteiger partial charge in [-0.2, -0.15) is 0 Å². The van der Waals surface area contributed by atoms with E-state index in [0.29, 0.717) is 6.10 Å². The van der Waals surface area contributed by atoms with Crippen molar-refractivity contribution in [2.75, 3.05) is 40.0 Å². The van der Waals surface area contributed by atoms with Gasteiger partial charge in [-0.1, -0.05) is 0 Å². The molecular formula is C15H29NO3. The van der Waals surface area contributed by atoms with E-state index in [1.54, 1.807) is 7.11 Å². The average molecular weight is 271 g/mol. The molecule has 112 valence electrons. The van der Waals surface area contributed by atoms with Crippen molar-refractivity contribution in [2.45, 2.75) is 51.2 Å². The smallest absolute Gasteiger partial charge is 0.0681 e. The lowest BCUT2D eigenvalue weighted by molar-refractivity contribution is -0.209. The third kappa shape index (κ3) is 3.30. The predicted molar refractivity (Wildman–Crippen MR) is 75.3 cm³/mol. The molecule has 0 aromatic carbocycles. The summed E-state index contributed by atoms with van der Waals surface area (Å²) in [7, 11) is 1.76. The Bertz CT molecular complexity index is 262. The van der Waals surface area contributed by atoms with E-state index in [2.05, 4.69) is 4.90 Å². The molecule has 1 spiro atoms. The molecular weight excluding hydrogens is 242 g/mol. The van der Waals surface area contributed by atoms with Crippen molar-refractivity contribution in [1.29, 1.82) is 0 Å². The molecule has 2 unspecified atom stereocenters. The van der Waals surface area contributed by atoms with E-state index in [1.165, 1.54) is 6.42 Å². The number of likely N-dealkylation sites (tertiary alicyclic amines) is 1. The second kappa shape index (κ2) is 7.02. The Labute approximate surface area is 117 Å². The Hall–Kier alpha value is -0.160. The molecule has 2 aliphatic rings. The number of ether oxygens (including phenoxy) is 2. The van der Waals surface area contributed by atoms with Gasteiger partial charge in [0.05, 0.1) is 12.2 Å². The predicted octanol–water partition coefficient (Wildman–Crippen LogP) is 1.66. The van der Waals surface area contributed by atoms with Gasteiger partial charge in [0.15, 0.2) is 0 Å². The van der Waals surface area contributed by atoms with E-state index in [0.717, 1.165) is 58.5 Å². The van der Waals surface area contributed by atoms with Crippen molar-refractivity contribution >= 4 is 0 Å². The van der Waals surface area contributed by atoms with Crippen LogP contribution in [0.2, 0.25) is 0 Å². The van der Waals surface area contributed by atoms with Gasteiger partial charge in [-0.25, -0.2) is 0 Å². The van der Waals surface area contributed by atoms with Gasteiger partial charge >= 0.3 is 0 Å². The Kier molecular flexibility index (Phi) is 5.63. The summed E-state index contributed by atoms with van der Waals surface area (Å²) in [5.74, 6) is 0. The highest BCUT2D eigenvalue weighted by molar-refractivity contribution is 5.06. The molecule has 4 nitrogen and oxygen atoms in total. The zero-order valence-corrected chi connectivity index (χ0v) is 12.4. The lowest BCUT2D eigenvalue weighted by atomic mass is 9.58. The Balaban J connectivity index is 1.72. The summed E-state index contributed by atoms with van der Waals surface area (Å²) in [6, 6.07) is 0. The maximum Gasteiger partial charge on any atom is 0.0681 e. The maximum absolute atomic E-state index is 10.1. The molecule has 2 fully saturated rings. The van der Waals surface area contributed by atoms with Gasteiger partial charge < -0.3 is 19.5 Å². The van der Waals surface area contributed by atoms with Gasteiger partial charge in [0.25, 0.3) is 0 Å². The van der Waals surface area contributed by atoms with Crippen LogP contribution in [0.4, 0.5) is 0 Å². The van der Waals surface area contributed by atoms with Crippen LogP contribution in [0.5, 0.6) is 0 Å². The number of hydrogen-bond donors (Lipinski definition) is 1. The molecule has 4 heteroatoms. The SMILES string of the molecule is CCOC1CC(O)C12CCN(CCCCOC)CC2. The molecule has 2 rings (SSSR count). The first-order valence-electron chi connectivity index (χ1n) is 7.74. The topological polar surface area (TPSA) is 41.9 Å². The van der Waals surface area contributed by atoms with E-state index < -0.39 is 0 Å². The Morgan fingerprint density at radius 1 is 1.26 bits per heavy atom. The minimum absolute atomic E-state index is 0.0685. The first-order chi connectivity index (χ1) is 9.23. The van der Waals surface area contributed by atoms with Gasteiger partial charge in [0, 0.05) is 32.2 Å². The van der Waals surface area contributed by atoms with Crippen LogP contribution >= 0.6 is 0 Å². The maximum atomic E-state index is 10.1. The van der Waals surface area contributed by atoms with Gasteiger partial charge in [0.2, 0.25) is 0 Å². The van der Waals surface area contributed by atoms with Crippen molar-refractivity contribution in [3.63, 3.8) is 0 Å². The number of piperidine rings is 1. The molecule has 1 N–H and O–H groups in total. The second-order valence-corrected chi connectivity index (χ2v) is 5.97. The van der Waals surface area contributed by atoms with E-state index in [-0.39, 0.29) is 11.5 Å². The van der Waals surface area contributed by atoms with Crippen LogP contribution in [-0.2, 0) is 9.47 Å². The highest BCUT2D eigenvalue weighted by Gasteiger charge is 2.55.